The van der Waals surface area contributed by atoms with Gasteiger partial charge in [-0.15, -0.1) is 23.5 Å². The number of nitrogens with zero attached hydrogens (tertiary/aromatic N) is 1. The van der Waals surface area contributed by atoms with Crippen LogP contribution in [0.4, 0.5) is 4.79 Å². The second kappa shape index (κ2) is 15.8. The zero-order valence-electron chi connectivity index (χ0n) is 24.6. The molecule has 2 amide bonds. The molecule has 2 aliphatic heterocycles. The number of ether oxygens (including phenoxy) is 1. The number of likely N-dealkylation sites (tertiary alicyclic amines) is 1. The first-order valence-corrected chi connectivity index (χ1v) is 16.0. The van der Waals surface area contributed by atoms with Gasteiger partial charge in [0.2, 0.25) is 5.91 Å². The molecule has 41 heavy (non-hydrogen) atoms. The maximum absolute atomic E-state index is 12.1. The number of thioether (sulfide) groups is 2. The number of carboxylic acids is 1. The van der Waals surface area contributed by atoms with Gasteiger partial charge < -0.3 is 26.0 Å². The highest BCUT2D eigenvalue weighted by atomic mass is 32.2. The quantitative estimate of drug-likeness (QED) is 0.305. The Morgan fingerprint density at radius 1 is 1.15 bits per heavy atom. The molecule has 0 aliphatic carbocycles. The molecule has 1 aromatic rings. The number of aliphatic carboxylic acids is 1. The molecule has 230 valence electrons. The van der Waals surface area contributed by atoms with Gasteiger partial charge in [-0.3, -0.25) is 14.5 Å². The van der Waals surface area contributed by atoms with E-state index in [1.165, 1.54) is 4.90 Å². The molecule has 2 fully saturated rings. The van der Waals surface area contributed by atoms with Crippen molar-refractivity contribution in [3.8, 4) is 0 Å². The first-order valence-electron chi connectivity index (χ1n) is 14.0. The number of benzene rings is 1. The summed E-state index contributed by atoms with van der Waals surface area (Å²) in [6.07, 6.45) is 0.253. The minimum atomic E-state index is -1.18. The molecular weight excluding hydrogens is 566 g/mol. The Morgan fingerprint density at radius 3 is 2.29 bits per heavy atom. The predicted octanol–water partition coefficient (Wildman–Crippen LogP) is 3.96. The number of aliphatic hydroxyl groups is 1. The van der Waals surface area contributed by atoms with Crippen LogP contribution in [0.5, 0.6) is 0 Å². The Balaban J connectivity index is 0.000000289. The fourth-order valence-electron chi connectivity index (χ4n) is 4.53. The minimum absolute atomic E-state index is 0.00588. The molecular formula is C29H45N3O7S2. The highest BCUT2D eigenvalue weighted by Crippen LogP contribution is 2.52. The highest BCUT2D eigenvalue weighted by molar-refractivity contribution is 8.21. The lowest BCUT2D eigenvalue weighted by Crippen LogP contribution is -2.43. The van der Waals surface area contributed by atoms with Crippen LogP contribution in [0.1, 0.15) is 78.3 Å². The number of nitrogens with two attached hydrogens (primary N) is 1. The fourth-order valence-corrected chi connectivity index (χ4v) is 7.79. The third-order valence-electron chi connectivity index (χ3n) is 6.65. The van der Waals surface area contributed by atoms with E-state index in [9.17, 15) is 29.4 Å². The summed E-state index contributed by atoms with van der Waals surface area (Å²) in [7, 11) is 0. The van der Waals surface area contributed by atoms with Crippen molar-refractivity contribution >= 4 is 47.3 Å². The number of hydrogen-bond acceptors (Lipinski definition) is 9. The summed E-state index contributed by atoms with van der Waals surface area (Å²) in [5.41, 5.74) is 6.12. The topological polar surface area (TPSA) is 159 Å². The first-order chi connectivity index (χ1) is 19.2. The summed E-state index contributed by atoms with van der Waals surface area (Å²) in [6.45, 7) is 9.63. The van der Waals surface area contributed by atoms with Crippen LogP contribution < -0.4 is 11.1 Å². The molecule has 12 heteroatoms. The predicted molar refractivity (Wildman–Crippen MR) is 163 cm³/mol. The van der Waals surface area contributed by atoms with E-state index < -0.39 is 35.9 Å². The maximum atomic E-state index is 12.1. The van der Waals surface area contributed by atoms with E-state index in [2.05, 4.69) is 5.32 Å². The van der Waals surface area contributed by atoms with Crippen molar-refractivity contribution < 1.29 is 34.1 Å². The van der Waals surface area contributed by atoms with Crippen LogP contribution in [-0.4, -0.2) is 84.8 Å². The first kappa shape index (κ1) is 34.9. The maximum Gasteiger partial charge on any atom is 0.411 e. The van der Waals surface area contributed by atoms with Gasteiger partial charge in [-0.1, -0.05) is 43.7 Å². The Bertz CT molecular complexity index is 1030. The molecule has 1 spiro atoms. The number of nitrogens with one attached hydrogen (secondary N) is 1. The van der Waals surface area contributed by atoms with Crippen molar-refractivity contribution in [2.75, 3.05) is 18.1 Å². The van der Waals surface area contributed by atoms with E-state index in [1.807, 2.05) is 44.2 Å². The van der Waals surface area contributed by atoms with Gasteiger partial charge in [-0.05, 0) is 39.7 Å². The second-order valence-corrected chi connectivity index (χ2v) is 14.6. The van der Waals surface area contributed by atoms with E-state index in [4.69, 9.17) is 10.5 Å². The van der Waals surface area contributed by atoms with Crippen molar-refractivity contribution in [3.05, 3.63) is 35.9 Å². The van der Waals surface area contributed by atoms with Gasteiger partial charge in [0.25, 0.3) is 0 Å². The van der Waals surface area contributed by atoms with E-state index in [0.717, 1.165) is 23.5 Å². The van der Waals surface area contributed by atoms with Crippen molar-refractivity contribution in [2.45, 2.75) is 101 Å². The molecule has 4 atom stereocenters. The number of rotatable bonds is 10. The molecule has 2 unspecified atom stereocenters. The van der Waals surface area contributed by atoms with Crippen molar-refractivity contribution in [3.63, 3.8) is 0 Å². The number of amides is 2. The smallest absolute Gasteiger partial charge is 0.411 e. The molecule has 2 aliphatic rings. The van der Waals surface area contributed by atoms with Gasteiger partial charge in [-0.2, -0.15) is 0 Å². The van der Waals surface area contributed by atoms with Crippen LogP contribution in [0.2, 0.25) is 0 Å². The third-order valence-corrected chi connectivity index (χ3v) is 10.1. The molecule has 10 nitrogen and oxygen atoms in total. The summed E-state index contributed by atoms with van der Waals surface area (Å²) in [5, 5.41) is 21.9. The third kappa shape index (κ3) is 11.1. The number of hydrogen-bond donors (Lipinski definition) is 4. The number of carboxylic acid groups (broad SMARTS) is 1. The van der Waals surface area contributed by atoms with Gasteiger partial charge in [0.05, 0.1) is 10.1 Å². The monoisotopic (exact) mass is 611 g/mol. The molecule has 2 heterocycles. The molecule has 0 radical (unpaired) electrons. The molecule has 5 N–H and O–H groups in total. The summed E-state index contributed by atoms with van der Waals surface area (Å²) in [4.78, 5) is 48.5. The molecule has 2 saturated heterocycles. The minimum Gasteiger partial charge on any atom is -0.480 e. The lowest BCUT2D eigenvalue weighted by molar-refractivity contribution is -0.142. The van der Waals surface area contributed by atoms with Crippen LogP contribution in [-0.2, 0) is 19.1 Å². The van der Waals surface area contributed by atoms with Crippen molar-refractivity contribution in [1.82, 2.24) is 10.2 Å². The van der Waals surface area contributed by atoms with Crippen LogP contribution >= 0.6 is 23.5 Å². The zero-order chi connectivity index (χ0) is 30.8. The number of carbonyl (C=O) groups is 4. The van der Waals surface area contributed by atoms with Gasteiger partial charge in [0, 0.05) is 43.4 Å². The molecule has 0 saturated carbocycles. The summed E-state index contributed by atoms with van der Waals surface area (Å²) >= 11 is 3.53. The van der Waals surface area contributed by atoms with E-state index in [-0.39, 0.29) is 34.7 Å². The number of carbonyl (C=O) groups excluding carboxylic acids is 3. The van der Waals surface area contributed by atoms with Crippen molar-refractivity contribution in [2.24, 2.45) is 5.73 Å². The van der Waals surface area contributed by atoms with Gasteiger partial charge in [0.1, 0.15) is 17.7 Å². The summed E-state index contributed by atoms with van der Waals surface area (Å²) < 4.78 is 5.16. The lowest BCUT2D eigenvalue weighted by Gasteiger charge is -2.27. The molecule has 1 aromatic carbocycles. The Kier molecular flexibility index (Phi) is 13.5. The largest absolute Gasteiger partial charge is 0.480 e. The standard InChI is InChI=1S/C17H26N2O3.C12H19NO4S2/c1-3-7-14(18)17(22)15(20)10-11-16(21)19-12(2)13-8-5-4-6-9-13;1-11(2,3)17-10(16)13-7-12(18-4-5-19-12)6-8(13)9(14)15/h4-6,8-9,12,14,17,22H,3,7,10-11,18H2,1-2H3,(H,19,21);8H,4-7H2,1-3H3,(H,14,15)/t12-,14?,17?;8-/m10/s1. The van der Waals surface area contributed by atoms with Crippen LogP contribution in [0.3, 0.4) is 0 Å². The Hall–Kier alpha value is -2.28. The van der Waals surface area contributed by atoms with Gasteiger partial charge in [0.15, 0.2) is 5.78 Å². The molecule has 0 bridgehead atoms. The van der Waals surface area contributed by atoms with E-state index in [1.54, 1.807) is 44.3 Å². The average molecular weight is 612 g/mol. The van der Waals surface area contributed by atoms with Crippen LogP contribution in [0.25, 0.3) is 0 Å². The summed E-state index contributed by atoms with van der Waals surface area (Å²) in [6, 6.07) is 8.16. The number of Topliss-reactive ketones (excluding diaryl/α,β-unsaturated/α-hetero) is 1. The molecule has 3 rings (SSSR count). The number of ketones is 1. The van der Waals surface area contributed by atoms with E-state index in [0.29, 0.717) is 19.4 Å². The Morgan fingerprint density at radius 2 is 1.76 bits per heavy atom. The SMILES string of the molecule is CC(C)(C)OC(=O)N1CC2(C[C@H]1C(=O)O)SCCS2.CCCC(N)C(O)C(=O)CCC(=O)N[C@H](C)c1ccccc1. The number of aliphatic hydroxyl groups excluding tert-OH is 1. The van der Waals surface area contributed by atoms with Crippen LogP contribution in [0.15, 0.2) is 30.3 Å². The zero-order valence-corrected chi connectivity index (χ0v) is 26.3. The van der Waals surface area contributed by atoms with Gasteiger partial charge in [-0.25, -0.2) is 9.59 Å². The Labute approximate surface area is 251 Å². The summed E-state index contributed by atoms with van der Waals surface area (Å²) in [5.74, 6) is 0.499. The van der Waals surface area contributed by atoms with Crippen LogP contribution in [0, 0.1) is 0 Å². The van der Waals surface area contributed by atoms with E-state index >= 15 is 0 Å². The van der Waals surface area contributed by atoms with Gasteiger partial charge >= 0.3 is 12.1 Å². The molecule has 0 aromatic heterocycles. The van der Waals surface area contributed by atoms with Crippen molar-refractivity contribution in [1.29, 1.82) is 0 Å². The normalized spacial score (nSPS) is 20.0. The average Bonchev–Trinajstić information content (AvgIpc) is 3.54. The second-order valence-electron chi connectivity index (χ2n) is 11.3. The highest BCUT2D eigenvalue weighted by Gasteiger charge is 2.52. The lowest BCUT2D eigenvalue weighted by atomic mass is 10.00. The fraction of sp³-hybridized carbons (Fsp3) is 0.655.